The van der Waals surface area contributed by atoms with Crippen LogP contribution in [0.25, 0.3) is 0 Å². The van der Waals surface area contributed by atoms with Gasteiger partial charge in [0.15, 0.2) is 6.10 Å². The van der Waals surface area contributed by atoms with E-state index < -0.39 is 11.9 Å². The third-order valence-electron chi connectivity index (χ3n) is 2.63. The maximum Gasteiger partial charge on any atom is 0.263 e. The lowest BCUT2D eigenvalue weighted by Gasteiger charge is -2.13. The molecule has 2 rings (SSSR count). The van der Waals surface area contributed by atoms with E-state index in [0.717, 1.165) is 0 Å². The number of likely N-dealkylation sites (tertiary alicyclic amines) is 1. The molecule has 5 heteroatoms. The highest BCUT2D eigenvalue weighted by atomic mass is 19.1. The summed E-state index contributed by atoms with van der Waals surface area (Å²) >= 11 is 0. The predicted octanol–water partition coefficient (Wildman–Crippen LogP) is 1.02. The Bertz CT molecular complexity index is 422. The second-order valence-electron chi connectivity index (χ2n) is 3.84. The molecule has 1 aromatic carbocycles. The number of ether oxygens (including phenoxy) is 1. The highest BCUT2D eigenvalue weighted by Gasteiger charge is 2.30. The van der Waals surface area contributed by atoms with Crippen molar-refractivity contribution in [2.24, 2.45) is 0 Å². The highest BCUT2D eigenvalue weighted by molar-refractivity contribution is 5.83. The molecule has 16 heavy (non-hydrogen) atoms. The van der Waals surface area contributed by atoms with Gasteiger partial charge >= 0.3 is 0 Å². The normalized spacial score (nSPS) is 20.2. The van der Waals surface area contributed by atoms with Crippen LogP contribution in [0.3, 0.4) is 0 Å². The molecule has 1 fully saturated rings. The number of nitrogen functional groups attached to an aromatic ring is 1. The summed E-state index contributed by atoms with van der Waals surface area (Å²) in [6, 6.07) is 4.18. The lowest BCUT2D eigenvalue weighted by atomic mass is 10.2. The number of benzene rings is 1. The van der Waals surface area contributed by atoms with E-state index in [4.69, 9.17) is 10.5 Å². The molecule has 1 amide bonds. The molecule has 0 bridgehead atoms. The number of hydrogen-bond donors (Lipinski definition) is 1. The molecular weight excluding hydrogens is 211 g/mol. The van der Waals surface area contributed by atoms with E-state index in [2.05, 4.69) is 0 Å². The molecule has 0 radical (unpaired) electrons. The molecule has 0 aromatic heterocycles. The van der Waals surface area contributed by atoms with Crippen LogP contribution in [0.5, 0.6) is 5.75 Å². The van der Waals surface area contributed by atoms with Crippen LogP contribution in [-0.2, 0) is 4.79 Å². The molecule has 86 valence electrons. The van der Waals surface area contributed by atoms with Crippen molar-refractivity contribution in [3.05, 3.63) is 24.0 Å². The van der Waals surface area contributed by atoms with Gasteiger partial charge in [0.1, 0.15) is 11.6 Å². The zero-order valence-corrected chi connectivity index (χ0v) is 8.94. The molecule has 0 aliphatic carbocycles. The number of rotatable bonds is 2. The van der Waals surface area contributed by atoms with E-state index in [1.165, 1.54) is 12.1 Å². The first-order valence-electron chi connectivity index (χ1n) is 5.04. The zero-order chi connectivity index (χ0) is 11.7. The van der Waals surface area contributed by atoms with Gasteiger partial charge in [0.05, 0.1) is 5.69 Å². The van der Waals surface area contributed by atoms with Gasteiger partial charge in [-0.05, 0) is 12.1 Å². The largest absolute Gasteiger partial charge is 0.480 e. The smallest absolute Gasteiger partial charge is 0.263 e. The van der Waals surface area contributed by atoms with Gasteiger partial charge in [-0.15, -0.1) is 0 Å². The molecule has 0 spiro atoms. The van der Waals surface area contributed by atoms with Crippen LogP contribution in [-0.4, -0.2) is 30.5 Å². The van der Waals surface area contributed by atoms with Gasteiger partial charge in [0.25, 0.3) is 5.91 Å². The summed E-state index contributed by atoms with van der Waals surface area (Å²) < 4.78 is 18.5. The van der Waals surface area contributed by atoms with Gasteiger partial charge in [0.2, 0.25) is 0 Å². The Morgan fingerprint density at radius 2 is 2.31 bits per heavy atom. The van der Waals surface area contributed by atoms with Crippen molar-refractivity contribution in [3.8, 4) is 5.75 Å². The van der Waals surface area contributed by atoms with Gasteiger partial charge < -0.3 is 15.4 Å². The first-order valence-corrected chi connectivity index (χ1v) is 5.04. The van der Waals surface area contributed by atoms with Crippen molar-refractivity contribution < 1.29 is 13.9 Å². The maximum absolute atomic E-state index is 13.1. The summed E-state index contributed by atoms with van der Waals surface area (Å²) in [5.74, 6) is -0.270. The molecule has 1 heterocycles. The average Bonchev–Trinajstić information content (AvgIpc) is 2.55. The first-order chi connectivity index (χ1) is 7.58. The minimum Gasteiger partial charge on any atom is -0.480 e. The number of likely N-dealkylation sites (N-methyl/N-ethyl adjacent to an activating group) is 1. The molecule has 2 N–H and O–H groups in total. The number of nitrogens with zero attached hydrogens (tertiary/aromatic N) is 1. The van der Waals surface area contributed by atoms with Crippen LogP contribution in [0.15, 0.2) is 18.2 Å². The SMILES string of the molecule is CN1CCC(Oc2ccc(N)c(F)c2)C1=O. The molecule has 0 saturated carbocycles. The summed E-state index contributed by atoms with van der Waals surface area (Å²) in [5.41, 5.74) is 5.41. The first kappa shape index (κ1) is 10.7. The monoisotopic (exact) mass is 224 g/mol. The Hall–Kier alpha value is -1.78. The quantitative estimate of drug-likeness (QED) is 0.763. The number of carbonyl (C=O) groups is 1. The van der Waals surface area contributed by atoms with E-state index in [1.54, 1.807) is 18.0 Å². The number of amides is 1. The van der Waals surface area contributed by atoms with Crippen molar-refractivity contribution in [2.75, 3.05) is 19.3 Å². The zero-order valence-electron chi connectivity index (χ0n) is 8.94. The summed E-state index contributed by atoms with van der Waals surface area (Å²) in [7, 11) is 1.72. The van der Waals surface area contributed by atoms with Crippen LogP contribution < -0.4 is 10.5 Å². The second kappa shape index (κ2) is 4.00. The summed E-state index contributed by atoms with van der Waals surface area (Å²) in [6.07, 6.45) is 0.120. The highest BCUT2D eigenvalue weighted by Crippen LogP contribution is 2.22. The average molecular weight is 224 g/mol. The molecule has 1 atom stereocenters. The molecule has 1 aliphatic heterocycles. The van der Waals surface area contributed by atoms with Gasteiger partial charge in [0, 0.05) is 26.1 Å². The van der Waals surface area contributed by atoms with E-state index in [0.29, 0.717) is 18.7 Å². The minimum absolute atomic E-state index is 0.0715. The Labute approximate surface area is 92.8 Å². The predicted molar refractivity (Wildman–Crippen MR) is 57.5 cm³/mol. The molecule has 1 saturated heterocycles. The van der Waals surface area contributed by atoms with E-state index in [-0.39, 0.29) is 11.6 Å². The van der Waals surface area contributed by atoms with Crippen LogP contribution in [0.1, 0.15) is 6.42 Å². The van der Waals surface area contributed by atoms with Gasteiger partial charge in [-0.25, -0.2) is 4.39 Å². The fraction of sp³-hybridized carbons (Fsp3) is 0.364. The van der Waals surface area contributed by atoms with Crippen molar-refractivity contribution in [3.63, 3.8) is 0 Å². The van der Waals surface area contributed by atoms with Crippen molar-refractivity contribution >= 4 is 11.6 Å². The van der Waals surface area contributed by atoms with Crippen molar-refractivity contribution in [1.29, 1.82) is 0 Å². The van der Waals surface area contributed by atoms with Gasteiger partial charge in [-0.3, -0.25) is 4.79 Å². The Balaban J connectivity index is 2.10. The molecule has 1 unspecified atom stereocenters. The molecule has 1 aromatic rings. The number of anilines is 1. The van der Waals surface area contributed by atoms with Crippen LogP contribution in [0.4, 0.5) is 10.1 Å². The number of hydrogen-bond acceptors (Lipinski definition) is 3. The molecular formula is C11H13FN2O2. The van der Waals surface area contributed by atoms with E-state index >= 15 is 0 Å². The third kappa shape index (κ3) is 1.93. The minimum atomic E-state index is -0.531. The van der Waals surface area contributed by atoms with Gasteiger partial charge in [-0.1, -0.05) is 0 Å². The molecule has 1 aliphatic rings. The van der Waals surface area contributed by atoms with Crippen molar-refractivity contribution in [2.45, 2.75) is 12.5 Å². The fourth-order valence-electron chi connectivity index (χ4n) is 1.65. The Kier molecular flexibility index (Phi) is 2.68. The topological polar surface area (TPSA) is 55.6 Å². The second-order valence-corrected chi connectivity index (χ2v) is 3.84. The summed E-state index contributed by atoms with van der Waals surface area (Å²) in [6.45, 7) is 0.668. The summed E-state index contributed by atoms with van der Waals surface area (Å²) in [4.78, 5) is 13.1. The van der Waals surface area contributed by atoms with Crippen LogP contribution in [0, 0.1) is 5.82 Å². The van der Waals surface area contributed by atoms with E-state index in [9.17, 15) is 9.18 Å². The Morgan fingerprint density at radius 1 is 1.56 bits per heavy atom. The van der Waals surface area contributed by atoms with Crippen LogP contribution in [0.2, 0.25) is 0 Å². The number of halogens is 1. The standard InChI is InChI=1S/C11H13FN2O2/c1-14-5-4-10(11(14)15)16-7-2-3-9(13)8(12)6-7/h2-3,6,10H,4-5,13H2,1H3. The number of nitrogens with two attached hydrogens (primary N) is 1. The maximum atomic E-state index is 13.1. The lowest BCUT2D eigenvalue weighted by molar-refractivity contribution is -0.132. The van der Waals surface area contributed by atoms with Crippen LogP contribution >= 0.6 is 0 Å². The number of carbonyl (C=O) groups excluding carboxylic acids is 1. The fourth-order valence-corrected chi connectivity index (χ4v) is 1.65. The Morgan fingerprint density at radius 3 is 2.88 bits per heavy atom. The summed E-state index contributed by atoms with van der Waals surface area (Å²) in [5, 5.41) is 0. The van der Waals surface area contributed by atoms with E-state index in [1.807, 2.05) is 0 Å². The third-order valence-corrected chi connectivity index (χ3v) is 2.63. The molecule has 4 nitrogen and oxygen atoms in total. The van der Waals surface area contributed by atoms with Crippen molar-refractivity contribution in [1.82, 2.24) is 4.90 Å². The van der Waals surface area contributed by atoms with Gasteiger partial charge in [-0.2, -0.15) is 0 Å². The lowest BCUT2D eigenvalue weighted by Crippen LogP contribution is -2.29.